The maximum Gasteiger partial charge on any atom is 0.433 e. The normalized spacial score (nSPS) is 13.3. The van der Waals surface area contributed by atoms with Crippen LogP contribution in [0.2, 0.25) is 0 Å². The zero-order valence-corrected chi connectivity index (χ0v) is 12.6. The average molecular weight is 318 g/mol. The Bertz CT molecular complexity index is 666. The lowest BCUT2D eigenvalue weighted by Gasteiger charge is -2.19. The first-order valence-electron chi connectivity index (χ1n) is 7.23. The molecule has 122 valence electrons. The zero-order valence-electron chi connectivity index (χ0n) is 12.6. The largest absolute Gasteiger partial charge is 0.433 e. The summed E-state index contributed by atoms with van der Waals surface area (Å²) in [4.78, 5) is 21.9. The lowest BCUT2D eigenvalue weighted by Crippen LogP contribution is -2.29. The van der Waals surface area contributed by atoms with Gasteiger partial charge in [0.15, 0.2) is 5.76 Å². The van der Waals surface area contributed by atoms with E-state index in [2.05, 4.69) is 5.32 Å². The Morgan fingerprint density at radius 3 is 2.57 bits per heavy atom. The predicted octanol–water partition coefficient (Wildman–Crippen LogP) is 2.47. The maximum atomic E-state index is 12.0. The molecule has 0 spiro atoms. The van der Waals surface area contributed by atoms with Gasteiger partial charge in [0, 0.05) is 12.5 Å². The molecule has 2 aromatic rings. The lowest BCUT2D eigenvalue weighted by atomic mass is 9.93. The summed E-state index contributed by atoms with van der Waals surface area (Å²) in [5.74, 6) is -1.17. The molecule has 1 heterocycles. The number of hydrogen-bond acceptors (Lipinski definition) is 5. The molecule has 0 aliphatic heterocycles. The highest BCUT2D eigenvalue weighted by atomic mass is 16.6. The Labute approximate surface area is 133 Å². The van der Waals surface area contributed by atoms with Crippen molar-refractivity contribution in [2.75, 3.05) is 6.54 Å². The molecule has 2 N–H and O–H groups in total. The molecule has 1 aromatic carbocycles. The van der Waals surface area contributed by atoms with Crippen LogP contribution in [-0.2, 0) is 0 Å². The SMILES string of the molecule is CC(O)CC(CNC(=O)c1ccc([N+](=O)[O-])o1)c1ccccc1. The van der Waals surface area contributed by atoms with Crippen molar-refractivity contribution in [3.8, 4) is 0 Å². The average Bonchev–Trinajstić information content (AvgIpc) is 3.02. The first-order valence-corrected chi connectivity index (χ1v) is 7.23. The molecule has 1 aromatic heterocycles. The molecule has 0 fully saturated rings. The van der Waals surface area contributed by atoms with E-state index in [1.54, 1.807) is 6.92 Å². The standard InChI is InChI=1S/C16H18N2O5/c1-11(19)9-13(12-5-3-2-4-6-12)10-17-16(20)14-7-8-15(23-14)18(21)22/h2-8,11,13,19H,9-10H2,1H3,(H,17,20). The molecule has 0 aliphatic carbocycles. The number of nitro groups is 1. The Balaban J connectivity index is 2.02. The molecular formula is C16H18N2O5. The van der Waals surface area contributed by atoms with Gasteiger partial charge in [-0.15, -0.1) is 0 Å². The molecule has 7 heteroatoms. The van der Waals surface area contributed by atoms with E-state index in [0.29, 0.717) is 13.0 Å². The molecule has 23 heavy (non-hydrogen) atoms. The van der Waals surface area contributed by atoms with Gasteiger partial charge in [0.05, 0.1) is 12.2 Å². The number of aliphatic hydroxyl groups is 1. The van der Waals surface area contributed by atoms with Crippen LogP contribution in [0, 0.1) is 10.1 Å². The van der Waals surface area contributed by atoms with Crippen LogP contribution in [-0.4, -0.2) is 28.6 Å². The number of nitrogens with zero attached hydrogens (tertiary/aromatic N) is 1. The van der Waals surface area contributed by atoms with E-state index in [4.69, 9.17) is 4.42 Å². The summed E-state index contributed by atoms with van der Waals surface area (Å²) in [6.45, 7) is 1.98. The summed E-state index contributed by atoms with van der Waals surface area (Å²) in [5, 5.41) is 22.9. The molecular weight excluding hydrogens is 300 g/mol. The molecule has 2 atom stereocenters. The van der Waals surface area contributed by atoms with E-state index >= 15 is 0 Å². The van der Waals surface area contributed by atoms with E-state index in [1.165, 1.54) is 6.07 Å². The second kappa shape index (κ2) is 7.55. The fourth-order valence-corrected chi connectivity index (χ4v) is 2.33. The molecule has 2 rings (SSSR count). The van der Waals surface area contributed by atoms with Crippen LogP contribution in [0.15, 0.2) is 46.9 Å². The van der Waals surface area contributed by atoms with Crippen molar-refractivity contribution < 1.29 is 19.2 Å². The number of hydrogen-bond donors (Lipinski definition) is 2. The smallest absolute Gasteiger partial charge is 0.395 e. The van der Waals surface area contributed by atoms with Crippen molar-refractivity contribution in [2.45, 2.75) is 25.4 Å². The highest BCUT2D eigenvalue weighted by Crippen LogP contribution is 2.21. The third-order valence-electron chi connectivity index (χ3n) is 3.40. The molecule has 0 bridgehead atoms. The first-order chi connectivity index (χ1) is 11.0. The van der Waals surface area contributed by atoms with Crippen molar-refractivity contribution >= 4 is 11.8 Å². The van der Waals surface area contributed by atoms with Gasteiger partial charge in [0.1, 0.15) is 4.92 Å². The number of amides is 1. The monoisotopic (exact) mass is 318 g/mol. The number of carbonyl (C=O) groups is 1. The van der Waals surface area contributed by atoms with Gasteiger partial charge in [-0.05, 0) is 25.0 Å². The minimum absolute atomic E-state index is 0.0647. The van der Waals surface area contributed by atoms with Gasteiger partial charge in [-0.25, -0.2) is 0 Å². The molecule has 0 aliphatic rings. The molecule has 7 nitrogen and oxygen atoms in total. The summed E-state index contributed by atoms with van der Waals surface area (Å²) in [7, 11) is 0. The zero-order chi connectivity index (χ0) is 16.8. The second-order valence-electron chi connectivity index (χ2n) is 5.30. The summed E-state index contributed by atoms with van der Waals surface area (Å²) < 4.78 is 4.87. The van der Waals surface area contributed by atoms with E-state index in [0.717, 1.165) is 11.6 Å². The quantitative estimate of drug-likeness (QED) is 0.602. The topological polar surface area (TPSA) is 106 Å². The molecule has 0 saturated heterocycles. The van der Waals surface area contributed by atoms with Crippen molar-refractivity contribution in [3.63, 3.8) is 0 Å². The summed E-state index contributed by atoms with van der Waals surface area (Å²) in [6, 6.07) is 11.9. The molecule has 0 saturated carbocycles. The van der Waals surface area contributed by atoms with Crippen molar-refractivity contribution in [1.82, 2.24) is 5.32 Å². The highest BCUT2D eigenvalue weighted by molar-refractivity contribution is 5.91. The van der Waals surface area contributed by atoms with Crippen molar-refractivity contribution in [3.05, 3.63) is 63.9 Å². The maximum absolute atomic E-state index is 12.0. The second-order valence-corrected chi connectivity index (χ2v) is 5.30. The van der Waals surface area contributed by atoms with E-state index in [-0.39, 0.29) is 11.7 Å². The minimum atomic E-state index is -0.697. The van der Waals surface area contributed by atoms with Crippen LogP contribution < -0.4 is 5.32 Å². The lowest BCUT2D eigenvalue weighted by molar-refractivity contribution is -0.402. The summed E-state index contributed by atoms with van der Waals surface area (Å²) >= 11 is 0. The van der Waals surface area contributed by atoms with E-state index in [1.807, 2.05) is 30.3 Å². The van der Waals surface area contributed by atoms with Gasteiger partial charge in [-0.2, -0.15) is 0 Å². The van der Waals surface area contributed by atoms with Crippen molar-refractivity contribution in [2.24, 2.45) is 0 Å². The van der Waals surface area contributed by atoms with Crippen LogP contribution in [0.5, 0.6) is 0 Å². The predicted molar refractivity (Wildman–Crippen MR) is 83.2 cm³/mol. The Hall–Kier alpha value is -2.67. The highest BCUT2D eigenvalue weighted by Gasteiger charge is 2.19. The van der Waals surface area contributed by atoms with Crippen LogP contribution in [0.4, 0.5) is 5.88 Å². The van der Waals surface area contributed by atoms with Gasteiger partial charge in [0.25, 0.3) is 5.91 Å². The third kappa shape index (κ3) is 4.65. The number of carbonyl (C=O) groups excluding carboxylic acids is 1. The third-order valence-corrected chi connectivity index (χ3v) is 3.40. The van der Waals surface area contributed by atoms with Gasteiger partial charge in [-0.1, -0.05) is 30.3 Å². The number of benzene rings is 1. The summed E-state index contributed by atoms with van der Waals surface area (Å²) in [6.07, 6.45) is -0.0235. The van der Waals surface area contributed by atoms with Crippen LogP contribution in [0.25, 0.3) is 0 Å². The Morgan fingerprint density at radius 1 is 1.30 bits per heavy atom. The number of nitrogens with one attached hydrogen (secondary N) is 1. The van der Waals surface area contributed by atoms with Crippen molar-refractivity contribution in [1.29, 1.82) is 0 Å². The van der Waals surface area contributed by atoms with Gasteiger partial charge < -0.3 is 14.8 Å². The molecule has 1 amide bonds. The minimum Gasteiger partial charge on any atom is -0.395 e. The van der Waals surface area contributed by atoms with Crippen LogP contribution >= 0.6 is 0 Å². The molecule has 0 radical (unpaired) electrons. The fourth-order valence-electron chi connectivity index (χ4n) is 2.33. The fraction of sp³-hybridized carbons (Fsp3) is 0.312. The number of rotatable bonds is 7. The summed E-state index contributed by atoms with van der Waals surface area (Å²) in [5.41, 5.74) is 0.999. The first kappa shape index (κ1) is 16.7. The number of furan rings is 1. The number of aliphatic hydroxyl groups excluding tert-OH is 1. The Morgan fingerprint density at radius 2 is 2.00 bits per heavy atom. The van der Waals surface area contributed by atoms with E-state index in [9.17, 15) is 20.0 Å². The van der Waals surface area contributed by atoms with Gasteiger partial charge in [0.2, 0.25) is 0 Å². The molecule has 2 unspecified atom stereocenters. The van der Waals surface area contributed by atoms with E-state index < -0.39 is 22.8 Å². The Kier molecular flexibility index (Phi) is 5.48. The van der Waals surface area contributed by atoms with Gasteiger partial charge >= 0.3 is 5.88 Å². The van der Waals surface area contributed by atoms with Gasteiger partial charge in [-0.3, -0.25) is 14.9 Å². The van der Waals surface area contributed by atoms with Crippen LogP contribution in [0.1, 0.15) is 35.4 Å². The van der Waals surface area contributed by atoms with Crippen LogP contribution in [0.3, 0.4) is 0 Å².